The van der Waals surface area contributed by atoms with Crippen LogP contribution in [0.3, 0.4) is 0 Å². The van der Waals surface area contributed by atoms with Gasteiger partial charge in [-0.3, -0.25) is 4.79 Å². The second-order valence-corrected chi connectivity index (χ2v) is 3.28. The average Bonchev–Trinajstić information content (AvgIpc) is 2.19. The van der Waals surface area contributed by atoms with E-state index < -0.39 is 0 Å². The molecule has 14 heavy (non-hydrogen) atoms. The van der Waals surface area contributed by atoms with E-state index in [9.17, 15) is 4.79 Å². The first-order valence-corrected chi connectivity index (χ1v) is 4.90. The molecule has 1 unspecified atom stereocenters. The van der Waals surface area contributed by atoms with Crippen molar-refractivity contribution in [3.05, 3.63) is 12.7 Å². The number of β-lactam (4-membered cyclic amide) rings is 1. The van der Waals surface area contributed by atoms with Gasteiger partial charge >= 0.3 is 0 Å². The number of amides is 1. The van der Waals surface area contributed by atoms with Gasteiger partial charge in [0, 0.05) is 13.2 Å². The summed E-state index contributed by atoms with van der Waals surface area (Å²) in [5, 5.41) is 8.45. The van der Waals surface area contributed by atoms with Crippen molar-refractivity contribution in [2.45, 2.75) is 18.9 Å². The summed E-state index contributed by atoms with van der Waals surface area (Å²) in [4.78, 5) is 12.9. The smallest absolute Gasteiger partial charge is 0.225 e. The van der Waals surface area contributed by atoms with Gasteiger partial charge in [0.15, 0.2) is 0 Å². The molecule has 0 aliphatic carbocycles. The van der Waals surface area contributed by atoms with Crippen LogP contribution in [0.4, 0.5) is 0 Å². The number of nitrogens with zero attached hydrogens (tertiary/aromatic N) is 1. The lowest BCUT2D eigenvalue weighted by Gasteiger charge is -2.38. The van der Waals surface area contributed by atoms with Crippen molar-refractivity contribution in [1.82, 2.24) is 4.90 Å². The molecule has 80 valence electrons. The molecule has 1 heterocycles. The summed E-state index contributed by atoms with van der Waals surface area (Å²) in [7, 11) is 0. The zero-order valence-corrected chi connectivity index (χ0v) is 8.32. The van der Waals surface area contributed by atoms with Crippen molar-refractivity contribution in [3.8, 4) is 0 Å². The largest absolute Gasteiger partial charge is 0.394 e. The second-order valence-electron chi connectivity index (χ2n) is 3.28. The Bertz CT molecular complexity index is 206. The van der Waals surface area contributed by atoms with E-state index in [0.717, 1.165) is 13.0 Å². The van der Waals surface area contributed by atoms with Gasteiger partial charge in [-0.2, -0.15) is 0 Å². The maximum absolute atomic E-state index is 11.1. The highest BCUT2D eigenvalue weighted by Crippen LogP contribution is 2.19. The van der Waals surface area contributed by atoms with Crippen molar-refractivity contribution >= 4 is 5.91 Å². The van der Waals surface area contributed by atoms with E-state index in [1.807, 2.05) is 0 Å². The Kier molecular flexibility index (Phi) is 4.62. The third-order valence-electron chi connectivity index (χ3n) is 2.30. The van der Waals surface area contributed by atoms with E-state index in [1.54, 1.807) is 11.0 Å². The van der Waals surface area contributed by atoms with Crippen LogP contribution in [0.5, 0.6) is 0 Å². The van der Waals surface area contributed by atoms with Crippen molar-refractivity contribution in [2.75, 3.05) is 26.4 Å². The number of hydrogen-bond donors (Lipinski definition) is 1. The van der Waals surface area contributed by atoms with E-state index in [-0.39, 0.29) is 18.6 Å². The number of aliphatic hydroxyl groups excluding tert-OH is 1. The lowest BCUT2D eigenvalue weighted by Crippen LogP contribution is -2.51. The SMILES string of the molecule is C=CC1CC(=O)N1CCCOCCO. The molecule has 1 fully saturated rings. The fourth-order valence-corrected chi connectivity index (χ4v) is 1.48. The van der Waals surface area contributed by atoms with E-state index in [2.05, 4.69) is 6.58 Å². The van der Waals surface area contributed by atoms with Gasteiger partial charge in [0.1, 0.15) is 0 Å². The topological polar surface area (TPSA) is 49.8 Å². The molecule has 1 saturated heterocycles. The summed E-state index contributed by atoms with van der Waals surface area (Å²) >= 11 is 0. The first-order valence-electron chi connectivity index (χ1n) is 4.90. The molecule has 0 aromatic carbocycles. The van der Waals surface area contributed by atoms with Crippen LogP contribution in [0.15, 0.2) is 12.7 Å². The van der Waals surface area contributed by atoms with Crippen LogP contribution in [0, 0.1) is 0 Å². The zero-order valence-electron chi connectivity index (χ0n) is 8.32. The van der Waals surface area contributed by atoms with Crippen molar-refractivity contribution < 1.29 is 14.6 Å². The molecule has 0 spiro atoms. The highest BCUT2D eigenvalue weighted by Gasteiger charge is 2.32. The van der Waals surface area contributed by atoms with Gasteiger partial charge in [-0.05, 0) is 6.42 Å². The van der Waals surface area contributed by atoms with Gasteiger partial charge < -0.3 is 14.7 Å². The summed E-state index contributed by atoms with van der Waals surface area (Å²) in [6.07, 6.45) is 3.22. The lowest BCUT2D eigenvalue weighted by atomic mass is 10.0. The quantitative estimate of drug-likeness (QED) is 0.361. The molecule has 0 radical (unpaired) electrons. The fraction of sp³-hybridized carbons (Fsp3) is 0.700. The van der Waals surface area contributed by atoms with Gasteiger partial charge in [-0.25, -0.2) is 0 Å². The molecular formula is C10H17NO3. The molecule has 4 heteroatoms. The average molecular weight is 199 g/mol. The summed E-state index contributed by atoms with van der Waals surface area (Å²) in [5.41, 5.74) is 0. The van der Waals surface area contributed by atoms with Crippen LogP contribution in [0.1, 0.15) is 12.8 Å². The second kappa shape index (κ2) is 5.78. The maximum Gasteiger partial charge on any atom is 0.225 e. The summed E-state index contributed by atoms with van der Waals surface area (Å²) < 4.78 is 5.09. The molecule has 1 rings (SSSR count). The highest BCUT2D eigenvalue weighted by atomic mass is 16.5. The van der Waals surface area contributed by atoms with Gasteiger partial charge in [-0.15, -0.1) is 6.58 Å². The number of hydrogen-bond acceptors (Lipinski definition) is 3. The monoisotopic (exact) mass is 199 g/mol. The molecule has 1 aliphatic heterocycles. The lowest BCUT2D eigenvalue weighted by molar-refractivity contribution is -0.143. The normalized spacial score (nSPS) is 20.8. The Morgan fingerprint density at radius 2 is 2.43 bits per heavy atom. The minimum absolute atomic E-state index is 0.0535. The summed E-state index contributed by atoms with van der Waals surface area (Å²) in [6, 6.07) is 0.223. The number of carbonyl (C=O) groups is 1. The highest BCUT2D eigenvalue weighted by molar-refractivity contribution is 5.83. The Morgan fingerprint density at radius 3 is 3.00 bits per heavy atom. The number of aliphatic hydroxyl groups is 1. The van der Waals surface area contributed by atoms with Crippen LogP contribution in [-0.4, -0.2) is 48.3 Å². The fourth-order valence-electron chi connectivity index (χ4n) is 1.48. The molecule has 4 nitrogen and oxygen atoms in total. The molecule has 0 saturated carbocycles. The number of carbonyl (C=O) groups excluding carboxylic acids is 1. The van der Waals surface area contributed by atoms with Crippen LogP contribution in [0.2, 0.25) is 0 Å². The molecule has 0 aromatic rings. The standard InChI is InChI=1S/C10H17NO3/c1-2-9-8-10(13)11(9)4-3-6-14-7-5-12/h2,9,12H,1,3-8H2. The third-order valence-corrected chi connectivity index (χ3v) is 2.30. The molecule has 0 aromatic heterocycles. The number of ether oxygens (including phenoxy) is 1. The molecule has 1 amide bonds. The van der Waals surface area contributed by atoms with Gasteiger partial charge in [0.05, 0.1) is 25.7 Å². The van der Waals surface area contributed by atoms with Crippen molar-refractivity contribution in [2.24, 2.45) is 0 Å². The molecule has 1 N–H and O–H groups in total. The van der Waals surface area contributed by atoms with Crippen LogP contribution < -0.4 is 0 Å². The van der Waals surface area contributed by atoms with Crippen molar-refractivity contribution in [3.63, 3.8) is 0 Å². The van der Waals surface area contributed by atoms with Gasteiger partial charge in [-0.1, -0.05) is 6.08 Å². The molecule has 1 atom stereocenters. The van der Waals surface area contributed by atoms with E-state index >= 15 is 0 Å². The molecular weight excluding hydrogens is 182 g/mol. The Morgan fingerprint density at radius 1 is 1.64 bits per heavy atom. The Balaban J connectivity index is 2.05. The maximum atomic E-state index is 11.1. The number of likely N-dealkylation sites (tertiary alicyclic amines) is 1. The number of rotatable bonds is 7. The van der Waals surface area contributed by atoms with Gasteiger partial charge in [0.25, 0.3) is 0 Å². The van der Waals surface area contributed by atoms with Crippen LogP contribution in [-0.2, 0) is 9.53 Å². The first-order chi connectivity index (χ1) is 6.79. The van der Waals surface area contributed by atoms with E-state index in [0.29, 0.717) is 19.6 Å². The zero-order chi connectivity index (χ0) is 10.4. The Hall–Kier alpha value is -0.870. The molecule has 0 bridgehead atoms. The van der Waals surface area contributed by atoms with E-state index in [1.165, 1.54) is 0 Å². The van der Waals surface area contributed by atoms with E-state index in [4.69, 9.17) is 9.84 Å². The van der Waals surface area contributed by atoms with Crippen molar-refractivity contribution in [1.29, 1.82) is 0 Å². The summed E-state index contributed by atoms with van der Waals surface area (Å²) in [5.74, 6) is 0.192. The van der Waals surface area contributed by atoms with Crippen LogP contribution >= 0.6 is 0 Å². The van der Waals surface area contributed by atoms with Gasteiger partial charge in [0.2, 0.25) is 5.91 Å². The molecule has 1 aliphatic rings. The Labute approximate surface area is 84.2 Å². The predicted octanol–water partition coefficient (Wildman–Crippen LogP) is 0.172. The third kappa shape index (κ3) is 2.82. The minimum Gasteiger partial charge on any atom is -0.394 e. The minimum atomic E-state index is 0.0535. The first kappa shape index (κ1) is 11.2. The summed E-state index contributed by atoms with van der Waals surface area (Å²) in [6.45, 7) is 5.41. The predicted molar refractivity (Wildman–Crippen MR) is 52.8 cm³/mol. The van der Waals surface area contributed by atoms with Crippen LogP contribution in [0.25, 0.3) is 0 Å².